The molecule has 1 atom stereocenters. The van der Waals surface area contributed by atoms with Crippen LogP contribution in [-0.2, 0) is 16.1 Å². The summed E-state index contributed by atoms with van der Waals surface area (Å²) in [4.78, 5) is 30.1. The molecule has 208 valence electrons. The van der Waals surface area contributed by atoms with E-state index in [4.69, 9.17) is 9.47 Å². The van der Waals surface area contributed by atoms with E-state index in [1.54, 1.807) is 28.8 Å². The molecule has 0 spiro atoms. The fourth-order valence-corrected chi connectivity index (χ4v) is 5.43. The van der Waals surface area contributed by atoms with Crippen molar-refractivity contribution in [1.29, 1.82) is 0 Å². The Balaban J connectivity index is 1.62. The van der Waals surface area contributed by atoms with E-state index < -0.39 is 6.04 Å². The first-order valence-electron chi connectivity index (χ1n) is 13.7. The summed E-state index contributed by atoms with van der Waals surface area (Å²) in [7, 11) is 3.09. The first kappa shape index (κ1) is 27.2. The number of hydrogen-bond donors (Lipinski definition) is 1. The van der Waals surface area contributed by atoms with E-state index in [1.807, 2.05) is 61.5 Å². The van der Waals surface area contributed by atoms with E-state index in [1.165, 1.54) is 13.5 Å². The zero-order valence-corrected chi connectivity index (χ0v) is 23.2. The summed E-state index contributed by atoms with van der Waals surface area (Å²) in [5.41, 5.74) is 3.60. The van der Waals surface area contributed by atoms with Gasteiger partial charge in [0.1, 0.15) is 18.1 Å². The normalized spacial score (nSPS) is 14.5. The fraction of sp³-hybridized carbons (Fsp3) is 0.355. The van der Waals surface area contributed by atoms with Gasteiger partial charge >= 0.3 is 0 Å². The van der Waals surface area contributed by atoms with Crippen LogP contribution in [0.15, 0.2) is 66.7 Å². The molecule has 0 bridgehead atoms. The maximum Gasteiger partial charge on any atom is 0.249 e. The smallest absolute Gasteiger partial charge is 0.249 e. The third-order valence-electron chi connectivity index (χ3n) is 7.47. The number of aryl methyl sites for hydroxylation is 1. The average molecular weight is 542 g/mol. The Kier molecular flexibility index (Phi) is 8.28. The van der Waals surface area contributed by atoms with Crippen LogP contribution in [0.2, 0.25) is 0 Å². The Morgan fingerprint density at radius 1 is 0.975 bits per heavy atom. The summed E-state index contributed by atoms with van der Waals surface area (Å²) in [6, 6.07) is 19.5. The van der Waals surface area contributed by atoms with E-state index in [9.17, 15) is 9.59 Å². The molecule has 0 saturated heterocycles. The second-order valence-electron chi connectivity index (χ2n) is 10.2. The summed E-state index contributed by atoms with van der Waals surface area (Å²) < 4.78 is 12.9. The van der Waals surface area contributed by atoms with Gasteiger partial charge in [0, 0.05) is 17.3 Å². The number of para-hydroxylation sites is 2. The van der Waals surface area contributed by atoms with Crippen LogP contribution in [0.3, 0.4) is 0 Å². The number of methoxy groups -OCH3 is 2. The Morgan fingerprint density at radius 3 is 2.45 bits per heavy atom. The summed E-state index contributed by atoms with van der Waals surface area (Å²) in [6.07, 6.45) is 5.13. The van der Waals surface area contributed by atoms with Crippen LogP contribution in [0.1, 0.15) is 49.3 Å². The van der Waals surface area contributed by atoms with E-state index in [2.05, 4.69) is 15.6 Å². The van der Waals surface area contributed by atoms with E-state index in [0.29, 0.717) is 28.3 Å². The van der Waals surface area contributed by atoms with E-state index in [0.717, 1.165) is 36.8 Å². The van der Waals surface area contributed by atoms with Gasteiger partial charge in [-0.2, -0.15) is 0 Å². The highest BCUT2D eigenvalue weighted by Crippen LogP contribution is 2.39. The first-order chi connectivity index (χ1) is 19.5. The highest BCUT2D eigenvalue weighted by molar-refractivity contribution is 6.02. The minimum Gasteiger partial charge on any atom is -0.493 e. The molecule has 1 aliphatic rings. The Hall–Kier alpha value is -4.40. The summed E-state index contributed by atoms with van der Waals surface area (Å²) in [6.45, 7) is 1.88. The first-order valence-corrected chi connectivity index (χ1v) is 13.7. The summed E-state index contributed by atoms with van der Waals surface area (Å²) in [5, 5.41) is 11.7. The topological polar surface area (TPSA) is 98.6 Å². The SMILES string of the molecule is COc1cccc(C(C(=O)NC2CCCCC2)N(C(=O)Cn2nnc3ccccc32)c2ccc(C)cc2)c1OC. The summed E-state index contributed by atoms with van der Waals surface area (Å²) >= 11 is 0. The lowest BCUT2D eigenvalue weighted by Crippen LogP contribution is -2.48. The molecule has 1 saturated carbocycles. The lowest BCUT2D eigenvalue weighted by atomic mass is 9.94. The van der Waals surface area contributed by atoms with Gasteiger partial charge < -0.3 is 14.8 Å². The lowest BCUT2D eigenvalue weighted by molar-refractivity contribution is -0.127. The van der Waals surface area contributed by atoms with E-state index >= 15 is 0 Å². The minimum absolute atomic E-state index is 0.0505. The van der Waals surface area contributed by atoms with Crippen LogP contribution in [0.25, 0.3) is 11.0 Å². The number of anilines is 1. The molecule has 0 aliphatic heterocycles. The molecule has 3 aromatic carbocycles. The zero-order valence-electron chi connectivity index (χ0n) is 23.2. The number of hydrogen-bond acceptors (Lipinski definition) is 6. The highest BCUT2D eigenvalue weighted by atomic mass is 16.5. The predicted octanol–water partition coefficient (Wildman–Crippen LogP) is 4.98. The van der Waals surface area contributed by atoms with Crippen molar-refractivity contribution in [3.8, 4) is 11.5 Å². The van der Waals surface area contributed by atoms with E-state index in [-0.39, 0.29) is 24.4 Å². The van der Waals surface area contributed by atoms with Gasteiger partial charge in [-0.05, 0) is 50.1 Å². The molecule has 4 aromatic rings. The molecule has 1 heterocycles. The predicted molar refractivity (Wildman–Crippen MR) is 153 cm³/mol. The van der Waals surface area contributed by atoms with Gasteiger partial charge in [-0.3, -0.25) is 14.5 Å². The van der Waals surface area contributed by atoms with Crippen molar-refractivity contribution >= 4 is 28.5 Å². The monoisotopic (exact) mass is 541 g/mol. The van der Waals surface area contributed by atoms with Crippen LogP contribution in [-0.4, -0.2) is 47.1 Å². The van der Waals surface area contributed by atoms with Gasteiger partial charge in [0.25, 0.3) is 0 Å². The molecule has 1 aromatic heterocycles. The molecule has 1 fully saturated rings. The Labute approximate surface area is 234 Å². The van der Waals surface area contributed by atoms with Crippen molar-refractivity contribution in [3.05, 3.63) is 77.9 Å². The Morgan fingerprint density at radius 2 is 1.73 bits per heavy atom. The molecule has 2 amide bonds. The molecule has 9 nitrogen and oxygen atoms in total. The number of fused-ring (bicyclic) bond motifs is 1. The van der Waals surface area contributed by atoms with Crippen molar-refractivity contribution < 1.29 is 19.1 Å². The van der Waals surface area contributed by atoms with Crippen LogP contribution in [0.4, 0.5) is 5.69 Å². The molecule has 9 heteroatoms. The van der Waals surface area contributed by atoms with Crippen LogP contribution in [0, 0.1) is 6.92 Å². The van der Waals surface area contributed by atoms with Gasteiger partial charge in [-0.25, -0.2) is 4.68 Å². The highest BCUT2D eigenvalue weighted by Gasteiger charge is 2.37. The minimum atomic E-state index is -1.02. The quantitative estimate of drug-likeness (QED) is 0.321. The average Bonchev–Trinajstić information content (AvgIpc) is 3.39. The van der Waals surface area contributed by atoms with Crippen molar-refractivity contribution in [2.45, 2.75) is 57.7 Å². The number of nitrogens with one attached hydrogen (secondary N) is 1. The third-order valence-corrected chi connectivity index (χ3v) is 7.47. The zero-order chi connectivity index (χ0) is 28.1. The van der Waals surface area contributed by atoms with Crippen LogP contribution < -0.4 is 19.7 Å². The van der Waals surface area contributed by atoms with Crippen molar-refractivity contribution in [2.24, 2.45) is 0 Å². The Bertz CT molecular complexity index is 1480. The number of aromatic nitrogens is 3. The second-order valence-corrected chi connectivity index (χ2v) is 10.2. The molecule has 1 aliphatic carbocycles. The van der Waals surface area contributed by atoms with Gasteiger partial charge in [-0.15, -0.1) is 5.10 Å². The second kappa shape index (κ2) is 12.2. The molecule has 0 radical (unpaired) electrons. The number of nitrogens with zero attached hydrogens (tertiary/aromatic N) is 4. The van der Waals surface area contributed by atoms with Crippen molar-refractivity contribution in [2.75, 3.05) is 19.1 Å². The largest absolute Gasteiger partial charge is 0.493 e. The maximum atomic E-state index is 14.3. The van der Waals surface area contributed by atoms with Crippen LogP contribution >= 0.6 is 0 Å². The van der Waals surface area contributed by atoms with Gasteiger partial charge in [0.2, 0.25) is 11.8 Å². The molecular formula is C31H35N5O4. The number of amides is 2. The van der Waals surface area contributed by atoms with Crippen molar-refractivity contribution in [1.82, 2.24) is 20.3 Å². The van der Waals surface area contributed by atoms with Gasteiger partial charge in [-0.1, -0.05) is 66.4 Å². The number of carbonyl (C=O) groups is 2. The lowest BCUT2D eigenvalue weighted by Gasteiger charge is -2.34. The number of carbonyl (C=O) groups excluding carboxylic acids is 2. The van der Waals surface area contributed by atoms with Crippen molar-refractivity contribution in [3.63, 3.8) is 0 Å². The number of ether oxygens (including phenoxy) is 2. The standard InChI is InChI=1S/C31H35N5O4/c1-21-16-18-23(19-17-21)36(28(37)20-35-26-14-8-7-13-25(26)33-34-35)29(31(38)32-22-10-5-4-6-11-22)24-12-9-15-27(39-2)30(24)40-3/h7-9,12-19,22,29H,4-6,10-11,20H2,1-3H3,(H,32,38). The molecular weight excluding hydrogens is 506 g/mol. The molecule has 5 rings (SSSR count). The molecule has 1 unspecified atom stereocenters. The number of rotatable bonds is 9. The summed E-state index contributed by atoms with van der Waals surface area (Å²) in [5.74, 6) is 0.308. The van der Waals surface area contributed by atoms with Gasteiger partial charge in [0.15, 0.2) is 11.5 Å². The maximum absolute atomic E-state index is 14.3. The van der Waals surface area contributed by atoms with Crippen LogP contribution in [0.5, 0.6) is 11.5 Å². The fourth-order valence-electron chi connectivity index (χ4n) is 5.43. The third kappa shape index (κ3) is 5.64. The van der Waals surface area contributed by atoms with Gasteiger partial charge in [0.05, 0.1) is 19.7 Å². The molecule has 40 heavy (non-hydrogen) atoms. The number of benzene rings is 3. The molecule has 1 N–H and O–H groups in total.